The third-order valence-corrected chi connectivity index (χ3v) is 3.77. The second kappa shape index (κ2) is 7.43. The van der Waals surface area contributed by atoms with E-state index >= 15 is 0 Å². The zero-order valence-electron chi connectivity index (χ0n) is 12.7. The average Bonchev–Trinajstić information content (AvgIpc) is 2.45. The van der Waals surface area contributed by atoms with Gasteiger partial charge in [0, 0.05) is 19.1 Å². The Balaban J connectivity index is 1.81. The van der Waals surface area contributed by atoms with E-state index in [1.54, 1.807) is 24.3 Å². The normalized spacial score (nSPS) is 22.8. The smallest absolute Gasteiger partial charge is 0.325 e. The number of rotatable bonds is 5. The molecule has 1 aliphatic rings. The standard InChI is InChI=1S/C16H24N2O3/c1-3-20-13-4-6-14(7-5-13)21-16(19)11-18-9-8-15(17)12(2)10-18/h4-7,12,15H,3,8-11,17H2,1-2H3. The highest BCUT2D eigenvalue weighted by Gasteiger charge is 2.24. The number of hydrogen-bond acceptors (Lipinski definition) is 5. The third-order valence-electron chi connectivity index (χ3n) is 3.77. The second-order valence-electron chi connectivity index (χ2n) is 5.54. The maximum Gasteiger partial charge on any atom is 0.325 e. The molecule has 2 unspecified atom stereocenters. The minimum absolute atomic E-state index is 0.234. The minimum atomic E-state index is -0.234. The van der Waals surface area contributed by atoms with Crippen LogP contribution in [0, 0.1) is 5.92 Å². The van der Waals surface area contributed by atoms with Crippen LogP contribution < -0.4 is 15.2 Å². The van der Waals surface area contributed by atoms with Crippen molar-refractivity contribution in [2.75, 3.05) is 26.2 Å². The van der Waals surface area contributed by atoms with Crippen LogP contribution in [0.3, 0.4) is 0 Å². The summed E-state index contributed by atoms with van der Waals surface area (Å²) in [6, 6.07) is 7.33. The number of carbonyl (C=O) groups is 1. The van der Waals surface area contributed by atoms with E-state index < -0.39 is 0 Å². The van der Waals surface area contributed by atoms with Crippen molar-refractivity contribution in [2.45, 2.75) is 26.3 Å². The van der Waals surface area contributed by atoms with E-state index in [9.17, 15) is 4.79 Å². The Labute approximate surface area is 126 Å². The van der Waals surface area contributed by atoms with Crippen molar-refractivity contribution in [3.8, 4) is 11.5 Å². The van der Waals surface area contributed by atoms with E-state index in [1.807, 2.05) is 6.92 Å². The van der Waals surface area contributed by atoms with E-state index in [4.69, 9.17) is 15.2 Å². The van der Waals surface area contributed by atoms with Crippen molar-refractivity contribution >= 4 is 5.97 Å². The molecular weight excluding hydrogens is 268 g/mol. The van der Waals surface area contributed by atoms with Crippen LogP contribution in [0.5, 0.6) is 11.5 Å². The van der Waals surface area contributed by atoms with Crippen molar-refractivity contribution in [3.05, 3.63) is 24.3 Å². The topological polar surface area (TPSA) is 64.8 Å². The van der Waals surface area contributed by atoms with Crippen LogP contribution in [-0.4, -0.2) is 43.2 Å². The number of nitrogens with zero attached hydrogens (tertiary/aromatic N) is 1. The Morgan fingerprint density at radius 3 is 2.62 bits per heavy atom. The number of hydrogen-bond donors (Lipinski definition) is 1. The molecule has 0 radical (unpaired) electrons. The lowest BCUT2D eigenvalue weighted by atomic mass is 9.95. The largest absolute Gasteiger partial charge is 0.494 e. The van der Waals surface area contributed by atoms with Crippen molar-refractivity contribution in [3.63, 3.8) is 0 Å². The number of nitrogens with two attached hydrogens (primary N) is 1. The van der Waals surface area contributed by atoms with Gasteiger partial charge in [-0.25, -0.2) is 0 Å². The van der Waals surface area contributed by atoms with Gasteiger partial charge in [0.2, 0.25) is 0 Å². The molecule has 1 fully saturated rings. The maximum atomic E-state index is 12.0. The van der Waals surface area contributed by atoms with E-state index in [2.05, 4.69) is 11.8 Å². The summed E-state index contributed by atoms with van der Waals surface area (Å²) in [6.07, 6.45) is 0.928. The van der Waals surface area contributed by atoms with E-state index in [1.165, 1.54) is 0 Å². The molecule has 116 valence electrons. The first-order valence-corrected chi connectivity index (χ1v) is 7.50. The highest BCUT2D eigenvalue weighted by atomic mass is 16.5. The first kappa shape index (κ1) is 15.8. The summed E-state index contributed by atoms with van der Waals surface area (Å²) in [4.78, 5) is 14.1. The van der Waals surface area contributed by atoms with Crippen LogP contribution in [0.2, 0.25) is 0 Å². The predicted octanol–water partition coefficient (Wildman–Crippen LogP) is 1.66. The fraction of sp³-hybridized carbons (Fsp3) is 0.562. The summed E-state index contributed by atoms with van der Waals surface area (Å²) in [5.74, 6) is 1.50. The molecule has 2 atom stereocenters. The first-order valence-electron chi connectivity index (χ1n) is 7.50. The van der Waals surface area contributed by atoms with Gasteiger partial charge < -0.3 is 15.2 Å². The average molecular weight is 292 g/mol. The van der Waals surface area contributed by atoms with Crippen LogP contribution in [0.25, 0.3) is 0 Å². The van der Waals surface area contributed by atoms with Gasteiger partial charge in [0.25, 0.3) is 0 Å². The van der Waals surface area contributed by atoms with Gasteiger partial charge >= 0.3 is 5.97 Å². The Hall–Kier alpha value is -1.59. The first-order chi connectivity index (χ1) is 10.1. The SMILES string of the molecule is CCOc1ccc(OC(=O)CN2CCC(N)C(C)C2)cc1. The maximum absolute atomic E-state index is 12.0. The molecule has 0 spiro atoms. The summed E-state index contributed by atoms with van der Waals surface area (Å²) in [5.41, 5.74) is 5.98. The van der Waals surface area contributed by atoms with Crippen molar-refractivity contribution in [1.82, 2.24) is 4.90 Å². The lowest BCUT2D eigenvalue weighted by Crippen LogP contribution is -2.47. The van der Waals surface area contributed by atoms with E-state index in [0.29, 0.717) is 24.8 Å². The van der Waals surface area contributed by atoms with Crippen LogP contribution in [-0.2, 0) is 4.79 Å². The molecule has 0 bridgehead atoms. The summed E-state index contributed by atoms with van der Waals surface area (Å²) >= 11 is 0. The fourth-order valence-corrected chi connectivity index (χ4v) is 2.51. The molecule has 1 aromatic carbocycles. The highest BCUT2D eigenvalue weighted by molar-refractivity contribution is 5.74. The quantitative estimate of drug-likeness (QED) is 0.660. The Morgan fingerprint density at radius 2 is 2.00 bits per heavy atom. The molecule has 1 aromatic rings. The molecule has 5 heteroatoms. The molecule has 1 aliphatic heterocycles. The summed E-state index contributed by atoms with van der Waals surface area (Å²) in [5, 5.41) is 0. The summed E-state index contributed by atoms with van der Waals surface area (Å²) < 4.78 is 10.7. The lowest BCUT2D eigenvalue weighted by molar-refractivity contribution is -0.136. The minimum Gasteiger partial charge on any atom is -0.494 e. The molecule has 0 saturated carbocycles. The molecule has 0 aromatic heterocycles. The Kier molecular flexibility index (Phi) is 5.59. The van der Waals surface area contributed by atoms with Crippen molar-refractivity contribution in [2.24, 2.45) is 11.7 Å². The van der Waals surface area contributed by atoms with Gasteiger partial charge in [0.1, 0.15) is 11.5 Å². The van der Waals surface area contributed by atoms with E-state index in [0.717, 1.165) is 25.3 Å². The number of esters is 1. The van der Waals surface area contributed by atoms with Gasteiger partial charge in [0.05, 0.1) is 13.2 Å². The number of likely N-dealkylation sites (tertiary alicyclic amines) is 1. The number of ether oxygens (including phenoxy) is 2. The lowest BCUT2D eigenvalue weighted by Gasteiger charge is -2.34. The zero-order valence-corrected chi connectivity index (χ0v) is 12.7. The molecule has 0 aliphatic carbocycles. The zero-order chi connectivity index (χ0) is 15.2. The molecule has 21 heavy (non-hydrogen) atoms. The van der Waals surface area contributed by atoms with Crippen molar-refractivity contribution < 1.29 is 14.3 Å². The highest BCUT2D eigenvalue weighted by Crippen LogP contribution is 2.18. The molecule has 2 N–H and O–H groups in total. The number of carbonyl (C=O) groups excluding carboxylic acids is 1. The van der Waals surface area contributed by atoms with Gasteiger partial charge in [-0.2, -0.15) is 0 Å². The Bertz CT molecular complexity index is 461. The number of piperidine rings is 1. The van der Waals surface area contributed by atoms with Gasteiger partial charge in [-0.3, -0.25) is 9.69 Å². The Morgan fingerprint density at radius 1 is 1.33 bits per heavy atom. The van der Waals surface area contributed by atoms with E-state index in [-0.39, 0.29) is 12.0 Å². The van der Waals surface area contributed by atoms with Crippen LogP contribution in [0.15, 0.2) is 24.3 Å². The molecule has 5 nitrogen and oxygen atoms in total. The van der Waals surface area contributed by atoms with Gasteiger partial charge in [-0.1, -0.05) is 6.92 Å². The predicted molar refractivity (Wildman–Crippen MR) is 81.4 cm³/mol. The summed E-state index contributed by atoms with van der Waals surface area (Å²) in [7, 11) is 0. The van der Waals surface area contributed by atoms with Crippen LogP contribution >= 0.6 is 0 Å². The van der Waals surface area contributed by atoms with Crippen molar-refractivity contribution in [1.29, 1.82) is 0 Å². The molecule has 1 heterocycles. The molecular formula is C16H24N2O3. The summed E-state index contributed by atoms with van der Waals surface area (Å²) in [6.45, 7) is 6.68. The monoisotopic (exact) mass is 292 g/mol. The van der Waals surface area contributed by atoms with Gasteiger partial charge in [0.15, 0.2) is 0 Å². The third kappa shape index (κ3) is 4.72. The van der Waals surface area contributed by atoms with Crippen LogP contribution in [0.1, 0.15) is 20.3 Å². The molecule has 1 saturated heterocycles. The van der Waals surface area contributed by atoms with Gasteiger partial charge in [-0.15, -0.1) is 0 Å². The number of benzene rings is 1. The van der Waals surface area contributed by atoms with Gasteiger partial charge in [-0.05, 0) is 43.5 Å². The van der Waals surface area contributed by atoms with Crippen LogP contribution in [0.4, 0.5) is 0 Å². The molecule has 0 amide bonds. The second-order valence-corrected chi connectivity index (χ2v) is 5.54. The molecule has 2 rings (SSSR count). The fourth-order valence-electron chi connectivity index (χ4n) is 2.51.